The molecule has 2 N–H and O–H groups in total. The number of rotatable bonds is 8. The second-order valence-electron chi connectivity index (χ2n) is 4.61. The van der Waals surface area contributed by atoms with Gasteiger partial charge in [-0.1, -0.05) is 28.8 Å². The summed E-state index contributed by atoms with van der Waals surface area (Å²) in [6.07, 6.45) is 5.59. The number of nitrogens with one attached hydrogen (secondary N) is 2. The third kappa shape index (κ3) is 6.19. The number of hydrogen-bond acceptors (Lipinski definition) is 3. The predicted octanol–water partition coefficient (Wildman–Crippen LogP) is 2.47. The number of halogens is 1. The van der Waals surface area contributed by atoms with E-state index in [4.69, 9.17) is 11.2 Å². The van der Waals surface area contributed by atoms with Crippen molar-refractivity contribution in [3.05, 3.63) is 28.2 Å². The first-order valence-corrected chi connectivity index (χ1v) is 7.74. The molecule has 4 nitrogen and oxygen atoms in total. The van der Waals surface area contributed by atoms with Gasteiger partial charge in [0.25, 0.3) is 5.91 Å². The average Bonchev–Trinajstić information content (AvgIpc) is 2.47. The molecule has 1 unspecified atom stereocenters. The van der Waals surface area contributed by atoms with Gasteiger partial charge in [0, 0.05) is 16.6 Å². The van der Waals surface area contributed by atoms with Crippen molar-refractivity contribution in [3.8, 4) is 18.1 Å². The minimum Gasteiger partial charge on any atom is -0.481 e. The van der Waals surface area contributed by atoms with Crippen LogP contribution in [-0.2, 0) is 11.3 Å². The number of benzene rings is 1. The lowest BCUT2D eigenvalue weighted by Crippen LogP contribution is -2.36. The third-order valence-corrected chi connectivity index (χ3v) is 3.30. The summed E-state index contributed by atoms with van der Waals surface area (Å²) in [6.45, 7) is 5.66. The summed E-state index contributed by atoms with van der Waals surface area (Å²) >= 11 is 3.45. The predicted molar refractivity (Wildman–Crippen MR) is 88.1 cm³/mol. The molecule has 1 atom stereocenters. The van der Waals surface area contributed by atoms with Gasteiger partial charge in [-0.3, -0.25) is 4.79 Å². The van der Waals surface area contributed by atoms with Gasteiger partial charge in [0.2, 0.25) is 0 Å². The Labute approximate surface area is 134 Å². The van der Waals surface area contributed by atoms with Crippen LogP contribution in [0.25, 0.3) is 0 Å². The molecule has 21 heavy (non-hydrogen) atoms. The molecule has 0 saturated heterocycles. The van der Waals surface area contributed by atoms with Crippen LogP contribution in [0.3, 0.4) is 0 Å². The maximum absolute atomic E-state index is 11.8. The highest BCUT2D eigenvalue weighted by Gasteiger charge is 2.15. The van der Waals surface area contributed by atoms with E-state index < -0.39 is 6.10 Å². The quantitative estimate of drug-likeness (QED) is 0.558. The minimum atomic E-state index is -0.593. The largest absolute Gasteiger partial charge is 0.481 e. The first-order chi connectivity index (χ1) is 10.1. The van der Waals surface area contributed by atoms with Crippen molar-refractivity contribution in [2.45, 2.75) is 32.9 Å². The van der Waals surface area contributed by atoms with E-state index in [-0.39, 0.29) is 12.5 Å². The summed E-state index contributed by atoms with van der Waals surface area (Å²) in [5, 5.41) is 5.94. The molecular formula is C16H21BrN2O2. The SMILES string of the molecule is C#CCNC(=O)C(C)Oc1ccc(Br)cc1CNCCC. The van der Waals surface area contributed by atoms with Gasteiger partial charge >= 0.3 is 0 Å². The monoisotopic (exact) mass is 352 g/mol. The van der Waals surface area contributed by atoms with Gasteiger partial charge in [0.05, 0.1) is 6.54 Å². The Morgan fingerprint density at radius 3 is 2.95 bits per heavy atom. The van der Waals surface area contributed by atoms with E-state index >= 15 is 0 Å². The first kappa shape index (κ1) is 17.5. The zero-order chi connectivity index (χ0) is 15.7. The topological polar surface area (TPSA) is 50.4 Å². The van der Waals surface area contributed by atoms with Crippen molar-refractivity contribution in [1.82, 2.24) is 10.6 Å². The van der Waals surface area contributed by atoms with Crippen LogP contribution in [0.15, 0.2) is 22.7 Å². The van der Waals surface area contributed by atoms with E-state index in [1.807, 2.05) is 18.2 Å². The second kappa shape index (κ2) is 9.43. The normalized spacial score (nSPS) is 11.5. The van der Waals surface area contributed by atoms with Gasteiger partial charge in [-0.15, -0.1) is 6.42 Å². The van der Waals surface area contributed by atoms with E-state index in [0.29, 0.717) is 12.3 Å². The lowest BCUT2D eigenvalue weighted by molar-refractivity contribution is -0.127. The Kier molecular flexibility index (Phi) is 7.88. The fraction of sp³-hybridized carbons (Fsp3) is 0.438. The summed E-state index contributed by atoms with van der Waals surface area (Å²) in [5.74, 6) is 2.85. The number of terminal acetylenes is 1. The first-order valence-electron chi connectivity index (χ1n) is 6.95. The highest BCUT2D eigenvalue weighted by Crippen LogP contribution is 2.24. The van der Waals surface area contributed by atoms with Crippen molar-refractivity contribution in [3.63, 3.8) is 0 Å². The standard InChI is InChI=1S/C16H21BrN2O2/c1-4-8-18-11-13-10-14(17)6-7-15(13)21-12(3)16(20)19-9-5-2/h2,6-7,10,12,18H,4,8-9,11H2,1,3H3,(H,19,20). The molecule has 1 aromatic carbocycles. The molecule has 0 heterocycles. The zero-order valence-corrected chi connectivity index (χ0v) is 14.0. The van der Waals surface area contributed by atoms with Crippen molar-refractivity contribution >= 4 is 21.8 Å². The molecular weight excluding hydrogens is 332 g/mol. The summed E-state index contributed by atoms with van der Waals surface area (Å²) in [7, 11) is 0. The highest BCUT2D eigenvalue weighted by atomic mass is 79.9. The van der Waals surface area contributed by atoms with Gasteiger partial charge in [0.15, 0.2) is 6.10 Å². The second-order valence-corrected chi connectivity index (χ2v) is 5.53. The zero-order valence-electron chi connectivity index (χ0n) is 12.4. The van der Waals surface area contributed by atoms with Crippen molar-refractivity contribution < 1.29 is 9.53 Å². The molecule has 0 aliphatic heterocycles. The Bertz CT molecular complexity index is 511. The molecule has 0 radical (unpaired) electrons. The fourth-order valence-corrected chi connectivity index (χ4v) is 2.14. The molecule has 0 saturated carbocycles. The molecule has 1 aromatic rings. The number of ether oxygens (including phenoxy) is 1. The van der Waals surface area contributed by atoms with Crippen LogP contribution < -0.4 is 15.4 Å². The molecule has 1 rings (SSSR count). The van der Waals surface area contributed by atoms with E-state index in [0.717, 1.165) is 23.0 Å². The Hall–Kier alpha value is -1.51. The molecule has 0 spiro atoms. The van der Waals surface area contributed by atoms with Crippen LogP contribution in [0.2, 0.25) is 0 Å². The van der Waals surface area contributed by atoms with E-state index in [1.54, 1.807) is 6.92 Å². The summed E-state index contributed by atoms with van der Waals surface area (Å²) in [6, 6.07) is 5.74. The van der Waals surface area contributed by atoms with Crippen LogP contribution in [-0.4, -0.2) is 25.1 Å². The van der Waals surface area contributed by atoms with Crippen LogP contribution in [0.4, 0.5) is 0 Å². The molecule has 114 valence electrons. The average molecular weight is 353 g/mol. The van der Waals surface area contributed by atoms with Crippen LogP contribution in [0.1, 0.15) is 25.8 Å². The number of carbonyl (C=O) groups is 1. The third-order valence-electron chi connectivity index (χ3n) is 2.80. The molecule has 0 bridgehead atoms. The van der Waals surface area contributed by atoms with Crippen LogP contribution >= 0.6 is 15.9 Å². The number of carbonyl (C=O) groups excluding carboxylic acids is 1. The van der Waals surface area contributed by atoms with Crippen molar-refractivity contribution in [2.24, 2.45) is 0 Å². The lowest BCUT2D eigenvalue weighted by atomic mass is 10.2. The minimum absolute atomic E-state index is 0.206. The number of hydrogen-bond donors (Lipinski definition) is 2. The Morgan fingerprint density at radius 1 is 1.52 bits per heavy atom. The Balaban J connectivity index is 2.72. The summed E-state index contributed by atoms with van der Waals surface area (Å²) < 4.78 is 6.73. The smallest absolute Gasteiger partial charge is 0.261 e. The van der Waals surface area contributed by atoms with Crippen LogP contribution in [0, 0.1) is 12.3 Å². The molecule has 0 aromatic heterocycles. The molecule has 1 amide bonds. The van der Waals surface area contributed by atoms with E-state index in [9.17, 15) is 4.79 Å². The summed E-state index contributed by atoms with van der Waals surface area (Å²) in [4.78, 5) is 11.8. The summed E-state index contributed by atoms with van der Waals surface area (Å²) in [5.41, 5.74) is 1.01. The van der Waals surface area contributed by atoms with Gasteiger partial charge in [-0.05, 0) is 38.1 Å². The lowest BCUT2D eigenvalue weighted by Gasteiger charge is -2.17. The molecule has 0 aliphatic carbocycles. The van der Waals surface area contributed by atoms with Crippen molar-refractivity contribution in [1.29, 1.82) is 0 Å². The maximum atomic E-state index is 11.8. The number of amides is 1. The molecule has 0 fully saturated rings. The van der Waals surface area contributed by atoms with Crippen LogP contribution in [0.5, 0.6) is 5.75 Å². The van der Waals surface area contributed by atoms with Gasteiger partial charge < -0.3 is 15.4 Å². The van der Waals surface area contributed by atoms with Gasteiger partial charge in [-0.2, -0.15) is 0 Å². The van der Waals surface area contributed by atoms with Gasteiger partial charge in [0.1, 0.15) is 5.75 Å². The molecule has 0 aliphatic rings. The maximum Gasteiger partial charge on any atom is 0.261 e. The van der Waals surface area contributed by atoms with Crippen molar-refractivity contribution in [2.75, 3.05) is 13.1 Å². The highest BCUT2D eigenvalue weighted by molar-refractivity contribution is 9.10. The van der Waals surface area contributed by atoms with Gasteiger partial charge in [-0.25, -0.2) is 0 Å². The van der Waals surface area contributed by atoms with E-state index in [2.05, 4.69) is 39.4 Å². The van der Waals surface area contributed by atoms with E-state index in [1.165, 1.54) is 0 Å². The Morgan fingerprint density at radius 2 is 2.29 bits per heavy atom. The fourth-order valence-electron chi connectivity index (χ4n) is 1.73. The molecule has 5 heteroatoms.